The number of likely N-dealkylation sites (N-methyl/N-ethyl adjacent to an activating group) is 1. The van der Waals surface area contributed by atoms with Crippen molar-refractivity contribution < 1.29 is 14.3 Å². The highest BCUT2D eigenvalue weighted by molar-refractivity contribution is 5.67. The number of amides is 1. The van der Waals surface area contributed by atoms with E-state index >= 15 is 0 Å². The number of hydrogen-bond acceptors (Lipinski definition) is 5. The van der Waals surface area contributed by atoms with Gasteiger partial charge in [-0.05, 0) is 58.8 Å². The van der Waals surface area contributed by atoms with Crippen molar-refractivity contribution in [3.05, 3.63) is 24.0 Å². The van der Waals surface area contributed by atoms with E-state index in [1.165, 1.54) is 12.8 Å². The third-order valence-corrected chi connectivity index (χ3v) is 3.72. The molecule has 1 atom stereocenters. The van der Waals surface area contributed by atoms with Crippen LogP contribution in [0.5, 0.6) is 5.75 Å². The third kappa shape index (κ3) is 6.06. The van der Waals surface area contributed by atoms with Crippen LogP contribution in [0.4, 0.5) is 4.79 Å². The number of nitrogens with one attached hydrogen (secondary N) is 1. The van der Waals surface area contributed by atoms with Gasteiger partial charge in [0, 0.05) is 18.8 Å². The minimum absolute atomic E-state index is 0.364. The Labute approximate surface area is 138 Å². The predicted molar refractivity (Wildman–Crippen MR) is 88.5 cm³/mol. The summed E-state index contributed by atoms with van der Waals surface area (Å²) in [5.41, 5.74) is 0.383. The SMILES string of the molecule is CN1CCC[C@H]1COc1cncc(CNC(=O)OC(C)(C)C)c1. The number of carbonyl (C=O) groups excluding carboxylic acids is 1. The van der Waals surface area contributed by atoms with Gasteiger partial charge in [-0.25, -0.2) is 4.79 Å². The Hall–Kier alpha value is -1.82. The fourth-order valence-electron chi connectivity index (χ4n) is 2.51. The summed E-state index contributed by atoms with van der Waals surface area (Å²) in [5.74, 6) is 0.730. The molecular formula is C17H27N3O3. The van der Waals surface area contributed by atoms with Crippen LogP contribution in [-0.4, -0.2) is 47.8 Å². The van der Waals surface area contributed by atoms with Crippen molar-refractivity contribution in [3.8, 4) is 5.75 Å². The fraction of sp³-hybridized carbons (Fsp3) is 0.647. The Morgan fingerprint density at radius 3 is 2.87 bits per heavy atom. The average Bonchev–Trinajstić information content (AvgIpc) is 2.87. The van der Waals surface area contributed by atoms with Crippen molar-refractivity contribution in [2.45, 2.75) is 51.8 Å². The van der Waals surface area contributed by atoms with E-state index in [9.17, 15) is 4.79 Å². The highest BCUT2D eigenvalue weighted by Crippen LogP contribution is 2.17. The zero-order valence-corrected chi connectivity index (χ0v) is 14.5. The zero-order valence-electron chi connectivity index (χ0n) is 14.5. The van der Waals surface area contributed by atoms with Gasteiger partial charge in [0.1, 0.15) is 18.0 Å². The summed E-state index contributed by atoms with van der Waals surface area (Å²) in [6.07, 6.45) is 5.38. The smallest absolute Gasteiger partial charge is 0.407 e. The molecule has 6 nitrogen and oxygen atoms in total. The van der Waals surface area contributed by atoms with Crippen LogP contribution in [-0.2, 0) is 11.3 Å². The van der Waals surface area contributed by atoms with E-state index in [2.05, 4.69) is 22.2 Å². The van der Waals surface area contributed by atoms with Crippen LogP contribution in [0, 0.1) is 0 Å². The lowest BCUT2D eigenvalue weighted by molar-refractivity contribution is 0.0523. The minimum atomic E-state index is -0.499. The molecule has 0 aliphatic carbocycles. The van der Waals surface area contributed by atoms with Gasteiger partial charge in [-0.1, -0.05) is 0 Å². The predicted octanol–water partition coefficient (Wildman–Crippen LogP) is 2.58. The van der Waals surface area contributed by atoms with Gasteiger partial charge >= 0.3 is 6.09 Å². The molecule has 0 unspecified atom stereocenters. The van der Waals surface area contributed by atoms with Crippen molar-refractivity contribution in [1.29, 1.82) is 0 Å². The van der Waals surface area contributed by atoms with E-state index < -0.39 is 11.7 Å². The maximum atomic E-state index is 11.7. The summed E-state index contributed by atoms with van der Waals surface area (Å²) in [5, 5.41) is 2.72. The highest BCUT2D eigenvalue weighted by atomic mass is 16.6. The first kappa shape index (κ1) is 17.5. The van der Waals surface area contributed by atoms with E-state index in [1.807, 2.05) is 26.8 Å². The lowest BCUT2D eigenvalue weighted by Crippen LogP contribution is -2.32. The van der Waals surface area contributed by atoms with Gasteiger partial charge in [0.15, 0.2) is 0 Å². The number of alkyl carbamates (subject to hydrolysis) is 1. The number of aromatic nitrogens is 1. The van der Waals surface area contributed by atoms with Crippen molar-refractivity contribution >= 4 is 6.09 Å². The van der Waals surface area contributed by atoms with Crippen LogP contribution >= 0.6 is 0 Å². The Morgan fingerprint density at radius 1 is 1.43 bits per heavy atom. The summed E-state index contributed by atoms with van der Waals surface area (Å²) >= 11 is 0. The first-order chi connectivity index (χ1) is 10.8. The van der Waals surface area contributed by atoms with E-state index in [0.717, 1.165) is 17.9 Å². The molecule has 0 bridgehead atoms. The molecule has 128 valence electrons. The van der Waals surface area contributed by atoms with Gasteiger partial charge in [-0.15, -0.1) is 0 Å². The van der Waals surface area contributed by atoms with Gasteiger partial charge in [0.25, 0.3) is 0 Å². The normalized spacial score (nSPS) is 18.7. The number of hydrogen-bond donors (Lipinski definition) is 1. The van der Waals surface area contributed by atoms with Gasteiger partial charge in [0.2, 0.25) is 0 Å². The topological polar surface area (TPSA) is 63.7 Å². The Balaban J connectivity index is 1.81. The standard InChI is InChI=1S/C17H27N3O3/c1-17(2,3)23-16(21)19-10-13-8-15(11-18-9-13)22-12-14-6-5-7-20(14)4/h8-9,11,14H,5-7,10,12H2,1-4H3,(H,19,21)/t14-/m0/s1. The number of rotatable bonds is 5. The van der Waals surface area contributed by atoms with E-state index in [4.69, 9.17) is 9.47 Å². The largest absolute Gasteiger partial charge is 0.490 e. The molecule has 0 radical (unpaired) electrons. The zero-order chi connectivity index (χ0) is 16.9. The molecule has 6 heteroatoms. The molecule has 1 saturated heterocycles. The lowest BCUT2D eigenvalue weighted by atomic mass is 10.2. The van der Waals surface area contributed by atoms with Crippen molar-refractivity contribution in [3.63, 3.8) is 0 Å². The van der Waals surface area contributed by atoms with Gasteiger partial charge in [-0.3, -0.25) is 4.98 Å². The second kappa shape index (κ2) is 7.64. The molecule has 0 aromatic carbocycles. The fourth-order valence-corrected chi connectivity index (χ4v) is 2.51. The maximum Gasteiger partial charge on any atom is 0.407 e. The molecule has 1 aromatic heterocycles. The molecule has 0 spiro atoms. The van der Waals surface area contributed by atoms with Crippen LogP contribution in [0.25, 0.3) is 0 Å². The second-order valence-electron chi connectivity index (χ2n) is 6.97. The van der Waals surface area contributed by atoms with Gasteiger partial charge in [0.05, 0.1) is 6.20 Å². The molecule has 0 saturated carbocycles. The molecule has 23 heavy (non-hydrogen) atoms. The summed E-state index contributed by atoms with van der Waals surface area (Å²) in [4.78, 5) is 18.2. The van der Waals surface area contributed by atoms with Gasteiger partial charge in [-0.2, -0.15) is 0 Å². The average molecular weight is 321 g/mol. The second-order valence-corrected chi connectivity index (χ2v) is 6.97. The monoisotopic (exact) mass is 321 g/mol. The Morgan fingerprint density at radius 2 is 2.22 bits per heavy atom. The minimum Gasteiger partial charge on any atom is -0.490 e. The van der Waals surface area contributed by atoms with Crippen LogP contribution in [0.3, 0.4) is 0 Å². The molecular weight excluding hydrogens is 294 g/mol. The molecule has 1 N–H and O–H groups in total. The summed E-state index contributed by atoms with van der Waals surface area (Å²) in [6.45, 7) is 7.67. The van der Waals surface area contributed by atoms with E-state index in [-0.39, 0.29) is 0 Å². The molecule has 1 aliphatic heterocycles. The molecule has 1 amide bonds. The summed E-state index contributed by atoms with van der Waals surface area (Å²) in [7, 11) is 2.13. The number of likely N-dealkylation sites (tertiary alicyclic amines) is 1. The molecule has 2 rings (SSSR count). The van der Waals surface area contributed by atoms with Crippen molar-refractivity contribution in [2.75, 3.05) is 20.2 Å². The van der Waals surface area contributed by atoms with Gasteiger partial charge < -0.3 is 19.7 Å². The van der Waals surface area contributed by atoms with Crippen LogP contribution in [0.1, 0.15) is 39.2 Å². The molecule has 1 aliphatic rings. The Kier molecular flexibility index (Phi) is 5.82. The van der Waals surface area contributed by atoms with Crippen LogP contribution in [0.15, 0.2) is 18.5 Å². The quantitative estimate of drug-likeness (QED) is 0.903. The summed E-state index contributed by atoms with van der Waals surface area (Å²) in [6, 6.07) is 2.37. The number of pyridine rings is 1. The summed E-state index contributed by atoms with van der Waals surface area (Å²) < 4.78 is 11.0. The number of nitrogens with zero attached hydrogens (tertiary/aromatic N) is 2. The van der Waals surface area contributed by atoms with Crippen LogP contribution in [0.2, 0.25) is 0 Å². The van der Waals surface area contributed by atoms with E-state index in [0.29, 0.717) is 19.2 Å². The third-order valence-electron chi connectivity index (χ3n) is 3.72. The van der Waals surface area contributed by atoms with E-state index in [1.54, 1.807) is 12.4 Å². The molecule has 2 heterocycles. The maximum absolute atomic E-state index is 11.7. The number of carbonyl (C=O) groups is 1. The first-order valence-corrected chi connectivity index (χ1v) is 8.07. The van der Waals surface area contributed by atoms with Crippen molar-refractivity contribution in [1.82, 2.24) is 15.2 Å². The molecule has 1 aromatic rings. The highest BCUT2D eigenvalue weighted by Gasteiger charge is 2.21. The first-order valence-electron chi connectivity index (χ1n) is 8.07. The lowest BCUT2D eigenvalue weighted by Gasteiger charge is -2.20. The van der Waals surface area contributed by atoms with Crippen LogP contribution < -0.4 is 10.1 Å². The number of ether oxygens (including phenoxy) is 2. The van der Waals surface area contributed by atoms with Crippen molar-refractivity contribution in [2.24, 2.45) is 0 Å². The Bertz CT molecular complexity index is 528. The molecule has 1 fully saturated rings.